The van der Waals surface area contributed by atoms with E-state index in [9.17, 15) is 9.90 Å². The van der Waals surface area contributed by atoms with Crippen LogP contribution in [0.4, 0.5) is 0 Å². The fourth-order valence-electron chi connectivity index (χ4n) is 2.58. The van der Waals surface area contributed by atoms with E-state index in [0.717, 1.165) is 16.8 Å². The number of aromatic amines is 1. The number of benzene rings is 2. The number of rotatable bonds is 3. The molecule has 0 spiro atoms. The van der Waals surface area contributed by atoms with Crippen LogP contribution in [0.25, 0.3) is 27.7 Å². The molecule has 23 heavy (non-hydrogen) atoms. The molecule has 112 valence electrons. The third kappa shape index (κ3) is 2.26. The predicted molar refractivity (Wildman–Crippen MR) is 85.6 cm³/mol. The molecule has 0 atom stereocenters. The van der Waals surface area contributed by atoms with Crippen LogP contribution in [-0.2, 0) is 0 Å². The summed E-state index contributed by atoms with van der Waals surface area (Å²) < 4.78 is 1.78. The molecule has 2 heterocycles. The fraction of sp³-hybridized carbons (Fsp3) is 0. The SMILES string of the molecule is O=C(O)c1n[nH]c2ccc(-c3ccc(-n4cccn4)cc3)cc12. The number of nitrogens with one attached hydrogen (secondary N) is 1. The monoisotopic (exact) mass is 304 g/mol. The molecule has 0 aliphatic rings. The first-order valence-electron chi connectivity index (χ1n) is 7.04. The van der Waals surface area contributed by atoms with Crippen LogP contribution in [0.5, 0.6) is 0 Å². The van der Waals surface area contributed by atoms with Gasteiger partial charge in [0.05, 0.1) is 11.2 Å². The molecule has 2 aromatic heterocycles. The maximum absolute atomic E-state index is 11.2. The molecule has 0 aliphatic carbocycles. The van der Waals surface area contributed by atoms with E-state index < -0.39 is 5.97 Å². The van der Waals surface area contributed by atoms with Crippen molar-refractivity contribution in [2.75, 3.05) is 0 Å². The lowest BCUT2D eigenvalue weighted by molar-refractivity contribution is 0.0692. The van der Waals surface area contributed by atoms with Gasteiger partial charge in [0.1, 0.15) is 0 Å². The molecular weight excluding hydrogens is 292 g/mol. The number of fused-ring (bicyclic) bond motifs is 1. The Hall–Kier alpha value is -3.41. The minimum atomic E-state index is -1.04. The van der Waals surface area contributed by atoms with Gasteiger partial charge in [-0.1, -0.05) is 18.2 Å². The molecule has 0 unspecified atom stereocenters. The first kappa shape index (κ1) is 13.3. The predicted octanol–water partition coefficient (Wildman–Crippen LogP) is 3.11. The highest BCUT2D eigenvalue weighted by molar-refractivity contribution is 6.02. The molecule has 6 heteroatoms. The van der Waals surface area contributed by atoms with Crippen LogP contribution in [0.15, 0.2) is 60.9 Å². The van der Waals surface area contributed by atoms with Crippen molar-refractivity contribution < 1.29 is 9.90 Å². The number of hydrogen-bond acceptors (Lipinski definition) is 3. The Morgan fingerprint density at radius 2 is 1.87 bits per heavy atom. The average Bonchev–Trinajstić information content (AvgIpc) is 3.24. The van der Waals surface area contributed by atoms with Gasteiger partial charge in [0.25, 0.3) is 0 Å². The Labute approximate surface area is 131 Å². The molecule has 0 radical (unpaired) electrons. The summed E-state index contributed by atoms with van der Waals surface area (Å²) in [5, 5.41) is 20.6. The second-order valence-electron chi connectivity index (χ2n) is 5.14. The number of carboxylic acid groups (broad SMARTS) is 1. The average molecular weight is 304 g/mol. The summed E-state index contributed by atoms with van der Waals surface area (Å²) in [6.07, 6.45) is 3.61. The van der Waals surface area contributed by atoms with Crippen LogP contribution in [0.3, 0.4) is 0 Å². The number of H-pyrrole nitrogens is 1. The van der Waals surface area contributed by atoms with Gasteiger partial charge in [-0.3, -0.25) is 5.10 Å². The van der Waals surface area contributed by atoms with E-state index in [0.29, 0.717) is 10.9 Å². The van der Waals surface area contributed by atoms with Crippen molar-refractivity contribution in [3.63, 3.8) is 0 Å². The Bertz CT molecular complexity index is 985. The lowest BCUT2D eigenvalue weighted by Crippen LogP contribution is -1.96. The lowest BCUT2D eigenvalue weighted by Gasteiger charge is -2.05. The topological polar surface area (TPSA) is 83.8 Å². The molecule has 2 N–H and O–H groups in total. The molecule has 0 saturated carbocycles. The van der Waals surface area contributed by atoms with Gasteiger partial charge in [-0.05, 0) is 41.5 Å². The summed E-state index contributed by atoms with van der Waals surface area (Å²) in [5.41, 5.74) is 3.65. The molecular formula is C17H12N4O2. The van der Waals surface area contributed by atoms with Crippen molar-refractivity contribution in [3.05, 3.63) is 66.6 Å². The second kappa shape index (κ2) is 5.10. The molecule has 6 nitrogen and oxygen atoms in total. The van der Waals surface area contributed by atoms with Gasteiger partial charge in [0.15, 0.2) is 5.69 Å². The zero-order valence-corrected chi connectivity index (χ0v) is 12.0. The second-order valence-corrected chi connectivity index (χ2v) is 5.14. The number of aromatic carboxylic acids is 1. The molecule has 0 fully saturated rings. The van der Waals surface area contributed by atoms with Crippen LogP contribution in [0.1, 0.15) is 10.5 Å². The van der Waals surface area contributed by atoms with Crippen LogP contribution >= 0.6 is 0 Å². The van der Waals surface area contributed by atoms with E-state index in [1.54, 1.807) is 10.9 Å². The van der Waals surface area contributed by atoms with Gasteiger partial charge < -0.3 is 5.11 Å². The van der Waals surface area contributed by atoms with Crippen LogP contribution in [0, 0.1) is 0 Å². The zero-order valence-electron chi connectivity index (χ0n) is 12.0. The van der Waals surface area contributed by atoms with Gasteiger partial charge in [-0.25, -0.2) is 9.48 Å². The smallest absolute Gasteiger partial charge is 0.357 e. The Morgan fingerprint density at radius 3 is 2.57 bits per heavy atom. The van der Waals surface area contributed by atoms with Crippen molar-refractivity contribution >= 4 is 16.9 Å². The third-order valence-corrected chi connectivity index (χ3v) is 3.74. The summed E-state index contributed by atoms with van der Waals surface area (Å²) >= 11 is 0. The Balaban J connectivity index is 1.76. The molecule has 0 amide bonds. The third-order valence-electron chi connectivity index (χ3n) is 3.74. The van der Waals surface area contributed by atoms with Crippen LogP contribution in [0.2, 0.25) is 0 Å². The molecule has 0 saturated heterocycles. The van der Waals surface area contributed by atoms with Gasteiger partial charge in [0, 0.05) is 17.8 Å². The van der Waals surface area contributed by atoms with Crippen LogP contribution in [-0.4, -0.2) is 31.1 Å². The van der Waals surface area contributed by atoms with E-state index in [4.69, 9.17) is 0 Å². The molecule has 4 rings (SSSR count). The summed E-state index contributed by atoms with van der Waals surface area (Å²) in [6, 6.07) is 15.4. The highest BCUT2D eigenvalue weighted by atomic mass is 16.4. The molecule has 2 aromatic carbocycles. The maximum atomic E-state index is 11.2. The number of hydrogen-bond donors (Lipinski definition) is 2. The van der Waals surface area contributed by atoms with Crippen molar-refractivity contribution in [1.82, 2.24) is 20.0 Å². The summed E-state index contributed by atoms with van der Waals surface area (Å²) in [4.78, 5) is 11.2. The Morgan fingerprint density at radius 1 is 1.09 bits per heavy atom. The van der Waals surface area contributed by atoms with Gasteiger partial charge in [0.2, 0.25) is 0 Å². The van der Waals surface area contributed by atoms with Gasteiger partial charge in [-0.2, -0.15) is 10.2 Å². The van der Waals surface area contributed by atoms with Crippen molar-refractivity contribution in [2.45, 2.75) is 0 Å². The largest absolute Gasteiger partial charge is 0.476 e. The Kier molecular flexibility index (Phi) is 2.94. The number of carbonyl (C=O) groups is 1. The minimum Gasteiger partial charge on any atom is -0.476 e. The highest BCUT2D eigenvalue weighted by Gasteiger charge is 2.13. The summed E-state index contributed by atoms with van der Waals surface area (Å²) in [6.45, 7) is 0. The van der Waals surface area contributed by atoms with Crippen molar-refractivity contribution in [3.8, 4) is 16.8 Å². The van der Waals surface area contributed by atoms with Crippen molar-refractivity contribution in [1.29, 1.82) is 0 Å². The van der Waals surface area contributed by atoms with E-state index in [1.165, 1.54) is 0 Å². The van der Waals surface area contributed by atoms with E-state index in [-0.39, 0.29) is 5.69 Å². The number of nitrogens with zero attached hydrogens (tertiary/aromatic N) is 3. The number of aromatic nitrogens is 4. The zero-order chi connectivity index (χ0) is 15.8. The summed E-state index contributed by atoms with van der Waals surface area (Å²) in [5.74, 6) is -1.04. The van der Waals surface area contributed by atoms with Gasteiger partial charge in [-0.15, -0.1) is 0 Å². The van der Waals surface area contributed by atoms with E-state index in [2.05, 4.69) is 15.3 Å². The fourth-order valence-corrected chi connectivity index (χ4v) is 2.58. The quantitative estimate of drug-likeness (QED) is 0.609. The van der Waals surface area contributed by atoms with Crippen LogP contribution < -0.4 is 0 Å². The minimum absolute atomic E-state index is 0.0370. The van der Waals surface area contributed by atoms with Crippen molar-refractivity contribution in [2.24, 2.45) is 0 Å². The highest BCUT2D eigenvalue weighted by Crippen LogP contribution is 2.26. The van der Waals surface area contributed by atoms with E-state index in [1.807, 2.05) is 54.7 Å². The first-order valence-corrected chi connectivity index (χ1v) is 7.04. The molecule has 0 bridgehead atoms. The number of carboxylic acids is 1. The van der Waals surface area contributed by atoms with Gasteiger partial charge >= 0.3 is 5.97 Å². The lowest BCUT2D eigenvalue weighted by atomic mass is 10.0. The normalized spacial score (nSPS) is 11.0. The summed E-state index contributed by atoms with van der Waals surface area (Å²) in [7, 11) is 0. The molecule has 0 aliphatic heterocycles. The van der Waals surface area contributed by atoms with E-state index >= 15 is 0 Å². The first-order chi connectivity index (χ1) is 11.2. The molecule has 4 aromatic rings. The standard InChI is InChI=1S/C17H12N4O2/c22-17(23)16-14-10-12(4-7-15(14)19-20-16)11-2-5-13(6-3-11)21-9-1-8-18-21/h1-10H,(H,19,20)(H,22,23). The maximum Gasteiger partial charge on any atom is 0.357 e.